The molecule has 1 rings (SSSR count). The summed E-state index contributed by atoms with van der Waals surface area (Å²) in [6, 6.07) is 7.54. The van der Waals surface area contributed by atoms with Gasteiger partial charge in [-0.05, 0) is 43.6 Å². The van der Waals surface area contributed by atoms with Gasteiger partial charge in [-0.1, -0.05) is 26.8 Å². The van der Waals surface area contributed by atoms with Gasteiger partial charge in [-0.2, -0.15) is 0 Å². The highest BCUT2D eigenvalue weighted by Gasteiger charge is 2.08. The molecule has 0 fully saturated rings. The molecule has 1 atom stereocenters. The Morgan fingerprint density at radius 3 is 2.67 bits per heavy atom. The maximum Gasteiger partial charge on any atom is 0.226 e. The van der Waals surface area contributed by atoms with Crippen LogP contribution in [0, 0.1) is 5.92 Å². The Labute approximate surface area is 132 Å². The van der Waals surface area contributed by atoms with Crippen LogP contribution >= 0.6 is 12.2 Å². The van der Waals surface area contributed by atoms with Crippen molar-refractivity contribution in [3.63, 3.8) is 0 Å². The fourth-order valence-electron chi connectivity index (χ4n) is 1.67. The molecule has 0 spiro atoms. The Hall–Kier alpha value is -1.62. The van der Waals surface area contributed by atoms with Crippen LogP contribution in [0.15, 0.2) is 24.3 Å². The zero-order valence-corrected chi connectivity index (χ0v) is 13.9. The van der Waals surface area contributed by atoms with Gasteiger partial charge in [0.25, 0.3) is 0 Å². The summed E-state index contributed by atoms with van der Waals surface area (Å²) in [4.78, 5) is 11.6. The normalized spacial score (nSPS) is 11.9. The first-order valence-corrected chi connectivity index (χ1v) is 7.69. The van der Waals surface area contributed by atoms with Crippen LogP contribution in [0.25, 0.3) is 0 Å². The van der Waals surface area contributed by atoms with Crippen LogP contribution in [-0.4, -0.2) is 17.1 Å². The molecule has 0 bridgehead atoms. The molecule has 0 radical (unpaired) electrons. The number of hydrogen-bond donors (Lipinski definition) is 2. The quantitative estimate of drug-likeness (QED) is 0.786. The summed E-state index contributed by atoms with van der Waals surface area (Å²) < 4.78 is 5.75. The van der Waals surface area contributed by atoms with E-state index in [0.717, 1.165) is 17.9 Å². The van der Waals surface area contributed by atoms with Gasteiger partial charge >= 0.3 is 0 Å². The third-order valence-corrected chi connectivity index (χ3v) is 3.05. The van der Waals surface area contributed by atoms with Crippen molar-refractivity contribution in [1.82, 2.24) is 5.32 Å². The third kappa shape index (κ3) is 7.09. The van der Waals surface area contributed by atoms with Crippen LogP contribution in [0.4, 0.5) is 5.69 Å². The van der Waals surface area contributed by atoms with E-state index in [1.54, 1.807) is 0 Å². The number of carbonyl (C=O) groups excluding carboxylic acids is 1. The second-order valence-corrected chi connectivity index (χ2v) is 5.87. The second kappa shape index (κ2) is 8.62. The number of amides is 1. The maximum atomic E-state index is 11.6. The van der Waals surface area contributed by atoms with Gasteiger partial charge in [0, 0.05) is 18.2 Å². The van der Waals surface area contributed by atoms with E-state index >= 15 is 0 Å². The molecule has 0 aliphatic rings. The highest BCUT2D eigenvalue weighted by atomic mass is 32.1. The topological polar surface area (TPSA) is 50.4 Å². The van der Waals surface area contributed by atoms with Gasteiger partial charge in [0.2, 0.25) is 5.91 Å². The molecule has 0 saturated heterocycles. The molecule has 5 heteroatoms. The SMILES string of the molecule is CCC(C)Oc1cccc(NC(=S)NC(=O)CC(C)C)c1. The minimum Gasteiger partial charge on any atom is -0.491 e. The zero-order chi connectivity index (χ0) is 15.8. The van der Waals surface area contributed by atoms with E-state index in [2.05, 4.69) is 17.6 Å². The third-order valence-electron chi connectivity index (χ3n) is 2.85. The zero-order valence-electron chi connectivity index (χ0n) is 13.1. The van der Waals surface area contributed by atoms with Gasteiger partial charge in [-0.3, -0.25) is 4.79 Å². The predicted octanol–water partition coefficient (Wildman–Crippen LogP) is 3.72. The lowest BCUT2D eigenvalue weighted by molar-refractivity contribution is -0.120. The summed E-state index contributed by atoms with van der Waals surface area (Å²) >= 11 is 5.14. The maximum absolute atomic E-state index is 11.6. The molecular formula is C16H24N2O2S. The first kappa shape index (κ1) is 17.4. The van der Waals surface area contributed by atoms with Gasteiger partial charge in [0.1, 0.15) is 5.75 Å². The van der Waals surface area contributed by atoms with Gasteiger partial charge in [-0.25, -0.2) is 0 Å². The van der Waals surface area contributed by atoms with E-state index in [-0.39, 0.29) is 12.0 Å². The van der Waals surface area contributed by atoms with Gasteiger partial charge in [0.15, 0.2) is 5.11 Å². The number of thiocarbonyl (C=S) groups is 1. The molecular weight excluding hydrogens is 284 g/mol. The van der Waals surface area contributed by atoms with Crippen molar-refractivity contribution < 1.29 is 9.53 Å². The number of rotatable bonds is 6. The summed E-state index contributed by atoms with van der Waals surface area (Å²) in [5.74, 6) is 1.01. The van der Waals surface area contributed by atoms with E-state index in [9.17, 15) is 4.79 Å². The molecule has 1 aromatic carbocycles. The summed E-state index contributed by atoms with van der Waals surface area (Å²) in [5, 5.41) is 5.98. The fourth-order valence-corrected chi connectivity index (χ4v) is 1.91. The Kier molecular flexibility index (Phi) is 7.15. The largest absolute Gasteiger partial charge is 0.491 e. The lowest BCUT2D eigenvalue weighted by Gasteiger charge is -2.14. The lowest BCUT2D eigenvalue weighted by atomic mass is 10.1. The second-order valence-electron chi connectivity index (χ2n) is 5.46. The molecule has 0 saturated carbocycles. The summed E-state index contributed by atoms with van der Waals surface area (Å²) in [7, 11) is 0. The number of ether oxygens (including phenoxy) is 1. The van der Waals surface area contributed by atoms with E-state index in [0.29, 0.717) is 17.5 Å². The number of benzene rings is 1. The minimum atomic E-state index is -0.0745. The molecule has 0 aromatic heterocycles. The van der Waals surface area contributed by atoms with E-state index in [4.69, 9.17) is 17.0 Å². The Bertz CT molecular complexity index is 489. The fraction of sp³-hybridized carbons (Fsp3) is 0.500. The predicted molar refractivity (Wildman–Crippen MR) is 90.6 cm³/mol. The number of anilines is 1. The molecule has 21 heavy (non-hydrogen) atoms. The van der Waals surface area contributed by atoms with Crippen LogP contribution in [0.2, 0.25) is 0 Å². The Morgan fingerprint density at radius 1 is 1.33 bits per heavy atom. The first-order chi connectivity index (χ1) is 9.90. The van der Waals surface area contributed by atoms with Crippen LogP contribution in [-0.2, 0) is 4.79 Å². The van der Waals surface area contributed by atoms with Gasteiger partial charge in [0.05, 0.1) is 6.10 Å². The average molecular weight is 308 g/mol. The molecule has 116 valence electrons. The smallest absolute Gasteiger partial charge is 0.226 e. The molecule has 1 unspecified atom stereocenters. The standard InChI is InChI=1S/C16H24N2O2S/c1-5-12(4)20-14-8-6-7-13(10-14)17-16(21)18-15(19)9-11(2)3/h6-8,10-12H,5,9H2,1-4H3,(H2,17,18,19,21). The van der Waals surface area contributed by atoms with Crippen molar-refractivity contribution >= 4 is 28.9 Å². The van der Waals surface area contributed by atoms with Crippen LogP contribution in [0.5, 0.6) is 5.75 Å². The van der Waals surface area contributed by atoms with Crippen molar-refractivity contribution in [3.05, 3.63) is 24.3 Å². The highest BCUT2D eigenvalue weighted by Crippen LogP contribution is 2.19. The van der Waals surface area contributed by atoms with Crippen molar-refractivity contribution in [2.45, 2.75) is 46.6 Å². The van der Waals surface area contributed by atoms with Gasteiger partial charge < -0.3 is 15.4 Å². The molecule has 4 nitrogen and oxygen atoms in total. The summed E-state index contributed by atoms with van der Waals surface area (Å²) in [5.41, 5.74) is 0.797. The van der Waals surface area contributed by atoms with Crippen LogP contribution < -0.4 is 15.4 Å². The van der Waals surface area contributed by atoms with Crippen LogP contribution in [0.3, 0.4) is 0 Å². The molecule has 1 aromatic rings. The van der Waals surface area contributed by atoms with E-state index < -0.39 is 0 Å². The lowest BCUT2D eigenvalue weighted by Crippen LogP contribution is -2.34. The van der Waals surface area contributed by atoms with Gasteiger partial charge in [-0.15, -0.1) is 0 Å². The first-order valence-electron chi connectivity index (χ1n) is 7.28. The monoisotopic (exact) mass is 308 g/mol. The molecule has 0 heterocycles. The molecule has 0 aliphatic carbocycles. The average Bonchev–Trinajstić information content (AvgIpc) is 2.37. The number of carbonyl (C=O) groups is 1. The van der Waals surface area contributed by atoms with E-state index in [1.807, 2.05) is 45.0 Å². The molecule has 2 N–H and O–H groups in total. The van der Waals surface area contributed by atoms with Crippen molar-refractivity contribution in [2.75, 3.05) is 5.32 Å². The van der Waals surface area contributed by atoms with Crippen molar-refractivity contribution in [2.24, 2.45) is 5.92 Å². The molecule has 1 amide bonds. The van der Waals surface area contributed by atoms with Crippen molar-refractivity contribution in [1.29, 1.82) is 0 Å². The van der Waals surface area contributed by atoms with Crippen LogP contribution in [0.1, 0.15) is 40.5 Å². The summed E-state index contributed by atoms with van der Waals surface area (Å²) in [6.45, 7) is 8.08. The Balaban J connectivity index is 2.56. The molecule has 0 aliphatic heterocycles. The minimum absolute atomic E-state index is 0.0745. The Morgan fingerprint density at radius 2 is 2.05 bits per heavy atom. The number of hydrogen-bond acceptors (Lipinski definition) is 3. The van der Waals surface area contributed by atoms with Crippen molar-refractivity contribution in [3.8, 4) is 5.75 Å². The summed E-state index contributed by atoms with van der Waals surface area (Å²) in [6.07, 6.45) is 1.57. The van der Waals surface area contributed by atoms with E-state index in [1.165, 1.54) is 0 Å². The highest BCUT2D eigenvalue weighted by molar-refractivity contribution is 7.80. The number of nitrogens with one attached hydrogen (secondary N) is 2.